The van der Waals surface area contributed by atoms with E-state index in [4.69, 9.17) is 0 Å². The normalized spacial score (nSPS) is 35.0. The van der Waals surface area contributed by atoms with E-state index in [2.05, 4.69) is 5.32 Å². The Morgan fingerprint density at radius 3 is 2.33 bits per heavy atom. The molecule has 88 valence electrons. The average Bonchev–Trinajstić information content (AvgIpc) is 2.57. The SMILES string of the molecule is OCC1CCCNC1C1CCCCCC1. The molecule has 1 aliphatic heterocycles. The highest BCUT2D eigenvalue weighted by molar-refractivity contribution is 4.87. The molecule has 2 fully saturated rings. The fraction of sp³-hybridized carbons (Fsp3) is 1.00. The zero-order valence-electron chi connectivity index (χ0n) is 9.75. The van der Waals surface area contributed by atoms with E-state index in [0.29, 0.717) is 18.6 Å². The molecule has 2 unspecified atom stereocenters. The first-order chi connectivity index (χ1) is 7.42. The average molecular weight is 211 g/mol. The molecule has 0 amide bonds. The third-order valence-electron chi connectivity index (χ3n) is 4.28. The van der Waals surface area contributed by atoms with Gasteiger partial charge in [-0.3, -0.25) is 0 Å². The zero-order chi connectivity index (χ0) is 10.5. The van der Waals surface area contributed by atoms with Crippen molar-refractivity contribution in [2.75, 3.05) is 13.2 Å². The fourth-order valence-electron chi connectivity index (χ4n) is 3.41. The minimum absolute atomic E-state index is 0.383. The highest BCUT2D eigenvalue weighted by Gasteiger charge is 2.31. The molecule has 1 heterocycles. The predicted octanol–water partition coefficient (Wildman–Crippen LogP) is 2.32. The van der Waals surface area contributed by atoms with Crippen molar-refractivity contribution in [3.8, 4) is 0 Å². The summed E-state index contributed by atoms with van der Waals surface area (Å²) in [6.45, 7) is 1.55. The number of piperidine rings is 1. The van der Waals surface area contributed by atoms with Crippen LogP contribution in [-0.4, -0.2) is 24.3 Å². The molecular formula is C13H25NO. The number of aliphatic hydroxyl groups excluding tert-OH is 1. The molecule has 15 heavy (non-hydrogen) atoms. The van der Waals surface area contributed by atoms with Crippen LogP contribution < -0.4 is 5.32 Å². The van der Waals surface area contributed by atoms with Gasteiger partial charge in [0, 0.05) is 12.6 Å². The monoisotopic (exact) mass is 211 g/mol. The van der Waals surface area contributed by atoms with Crippen molar-refractivity contribution in [1.82, 2.24) is 5.32 Å². The Kier molecular flexibility index (Phi) is 4.45. The van der Waals surface area contributed by atoms with Gasteiger partial charge in [0.1, 0.15) is 0 Å². The molecule has 0 aromatic rings. The lowest BCUT2D eigenvalue weighted by Gasteiger charge is -2.37. The Labute approximate surface area is 93.5 Å². The van der Waals surface area contributed by atoms with E-state index in [1.807, 2.05) is 0 Å². The molecule has 0 aromatic carbocycles. The lowest BCUT2D eigenvalue weighted by molar-refractivity contribution is 0.121. The Bertz CT molecular complexity index is 175. The number of nitrogens with one attached hydrogen (secondary N) is 1. The predicted molar refractivity (Wildman–Crippen MR) is 62.8 cm³/mol. The van der Waals surface area contributed by atoms with Crippen LogP contribution in [0.4, 0.5) is 0 Å². The second-order valence-corrected chi connectivity index (χ2v) is 5.32. The van der Waals surface area contributed by atoms with Crippen LogP contribution in [0.15, 0.2) is 0 Å². The summed E-state index contributed by atoms with van der Waals surface area (Å²) < 4.78 is 0. The van der Waals surface area contributed by atoms with Crippen LogP contribution in [0.25, 0.3) is 0 Å². The van der Waals surface area contributed by atoms with E-state index in [1.165, 1.54) is 51.4 Å². The van der Waals surface area contributed by atoms with Gasteiger partial charge in [0.2, 0.25) is 0 Å². The minimum Gasteiger partial charge on any atom is -0.396 e. The largest absolute Gasteiger partial charge is 0.396 e. The van der Waals surface area contributed by atoms with Crippen molar-refractivity contribution in [2.45, 2.75) is 57.4 Å². The van der Waals surface area contributed by atoms with Gasteiger partial charge in [-0.25, -0.2) is 0 Å². The molecule has 2 nitrogen and oxygen atoms in total. The van der Waals surface area contributed by atoms with Crippen molar-refractivity contribution in [3.63, 3.8) is 0 Å². The first-order valence-electron chi connectivity index (χ1n) is 6.76. The Morgan fingerprint density at radius 2 is 1.67 bits per heavy atom. The van der Waals surface area contributed by atoms with Crippen molar-refractivity contribution < 1.29 is 5.11 Å². The van der Waals surface area contributed by atoms with Gasteiger partial charge in [-0.1, -0.05) is 25.7 Å². The Morgan fingerprint density at radius 1 is 0.933 bits per heavy atom. The van der Waals surface area contributed by atoms with E-state index in [-0.39, 0.29) is 0 Å². The highest BCUT2D eigenvalue weighted by atomic mass is 16.3. The number of aliphatic hydroxyl groups is 1. The lowest BCUT2D eigenvalue weighted by Crippen LogP contribution is -2.47. The number of rotatable bonds is 2. The van der Waals surface area contributed by atoms with Crippen molar-refractivity contribution in [2.24, 2.45) is 11.8 Å². The molecule has 0 bridgehead atoms. The summed E-state index contributed by atoms with van der Waals surface area (Å²) in [7, 11) is 0. The molecule has 2 N–H and O–H groups in total. The summed E-state index contributed by atoms with van der Waals surface area (Å²) in [6.07, 6.45) is 10.9. The summed E-state index contributed by atoms with van der Waals surface area (Å²) in [6, 6.07) is 0.613. The molecule has 2 aliphatic rings. The van der Waals surface area contributed by atoms with E-state index < -0.39 is 0 Å². The maximum absolute atomic E-state index is 9.42. The van der Waals surface area contributed by atoms with E-state index in [0.717, 1.165) is 12.5 Å². The molecule has 1 saturated carbocycles. The molecule has 0 spiro atoms. The molecule has 2 heteroatoms. The van der Waals surface area contributed by atoms with Crippen molar-refractivity contribution in [3.05, 3.63) is 0 Å². The molecule has 1 saturated heterocycles. The molecule has 1 aliphatic carbocycles. The Balaban J connectivity index is 1.92. The third-order valence-corrected chi connectivity index (χ3v) is 4.28. The van der Waals surface area contributed by atoms with Crippen LogP contribution >= 0.6 is 0 Å². The van der Waals surface area contributed by atoms with Gasteiger partial charge >= 0.3 is 0 Å². The first kappa shape index (κ1) is 11.4. The molecule has 2 atom stereocenters. The second kappa shape index (κ2) is 5.86. The fourth-order valence-corrected chi connectivity index (χ4v) is 3.41. The van der Waals surface area contributed by atoms with E-state index >= 15 is 0 Å². The lowest BCUT2D eigenvalue weighted by atomic mass is 9.80. The van der Waals surface area contributed by atoms with Gasteiger partial charge in [-0.2, -0.15) is 0 Å². The van der Waals surface area contributed by atoms with Crippen LogP contribution in [0.1, 0.15) is 51.4 Å². The second-order valence-electron chi connectivity index (χ2n) is 5.32. The summed E-state index contributed by atoms with van der Waals surface area (Å²) >= 11 is 0. The smallest absolute Gasteiger partial charge is 0.0474 e. The minimum atomic E-state index is 0.383. The summed E-state index contributed by atoms with van der Waals surface area (Å²) in [4.78, 5) is 0. The first-order valence-corrected chi connectivity index (χ1v) is 6.76. The summed E-state index contributed by atoms with van der Waals surface area (Å²) in [5.74, 6) is 1.37. The molecular weight excluding hydrogens is 186 g/mol. The van der Waals surface area contributed by atoms with Crippen molar-refractivity contribution >= 4 is 0 Å². The summed E-state index contributed by atoms with van der Waals surface area (Å²) in [5, 5.41) is 13.1. The quantitative estimate of drug-likeness (QED) is 0.687. The van der Waals surface area contributed by atoms with Crippen LogP contribution in [0.3, 0.4) is 0 Å². The van der Waals surface area contributed by atoms with E-state index in [1.54, 1.807) is 0 Å². The van der Waals surface area contributed by atoms with Gasteiger partial charge in [0.25, 0.3) is 0 Å². The van der Waals surface area contributed by atoms with Crippen molar-refractivity contribution in [1.29, 1.82) is 0 Å². The van der Waals surface area contributed by atoms with Crippen LogP contribution in [-0.2, 0) is 0 Å². The number of hydrogen-bond donors (Lipinski definition) is 2. The third kappa shape index (κ3) is 2.94. The number of hydrogen-bond acceptors (Lipinski definition) is 2. The summed E-state index contributed by atoms with van der Waals surface area (Å²) in [5.41, 5.74) is 0. The van der Waals surface area contributed by atoms with Crippen LogP contribution in [0.5, 0.6) is 0 Å². The maximum Gasteiger partial charge on any atom is 0.0474 e. The van der Waals surface area contributed by atoms with Gasteiger partial charge in [-0.05, 0) is 44.1 Å². The molecule has 0 radical (unpaired) electrons. The topological polar surface area (TPSA) is 32.3 Å². The Hall–Kier alpha value is -0.0800. The van der Waals surface area contributed by atoms with Crippen LogP contribution in [0, 0.1) is 11.8 Å². The van der Waals surface area contributed by atoms with Gasteiger partial charge in [-0.15, -0.1) is 0 Å². The van der Waals surface area contributed by atoms with Gasteiger partial charge < -0.3 is 10.4 Å². The highest BCUT2D eigenvalue weighted by Crippen LogP contribution is 2.31. The molecule has 0 aromatic heterocycles. The van der Waals surface area contributed by atoms with Gasteiger partial charge in [0.05, 0.1) is 0 Å². The molecule has 2 rings (SSSR count). The standard InChI is InChI=1S/C13H25NO/c15-10-12-8-5-9-14-13(12)11-6-3-1-2-4-7-11/h11-15H,1-10H2. The zero-order valence-corrected chi connectivity index (χ0v) is 9.75. The van der Waals surface area contributed by atoms with Gasteiger partial charge in [0.15, 0.2) is 0 Å². The van der Waals surface area contributed by atoms with Crippen LogP contribution in [0.2, 0.25) is 0 Å². The van der Waals surface area contributed by atoms with E-state index in [9.17, 15) is 5.11 Å². The maximum atomic E-state index is 9.42.